The molecule has 1 amide bonds. The maximum atomic E-state index is 11.1. The topological polar surface area (TPSA) is 61.5 Å². The summed E-state index contributed by atoms with van der Waals surface area (Å²) in [6, 6.07) is 3.04. The number of halogens is 1. The Morgan fingerprint density at radius 2 is 1.75 bits per heavy atom. The van der Waals surface area contributed by atoms with Crippen LogP contribution >= 0.6 is 11.6 Å². The first-order chi connectivity index (χ1) is 7.60. The SMILES string of the molecule is CCOc1cc(Cl)c(C(N)=O)cc1OCC. The van der Waals surface area contributed by atoms with Gasteiger partial charge in [-0.1, -0.05) is 11.6 Å². The lowest BCUT2D eigenvalue weighted by molar-refractivity contribution is 0.1000. The molecular weight excluding hydrogens is 230 g/mol. The fourth-order valence-electron chi connectivity index (χ4n) is 1.26. The standard InChI is InChI=1S/C11H14ClNO3/c1-3-15-9-5-7(11(13)14)8(12)6-10(9)16-4-2/h5-6H,3-4H2,1-2H3,(H2,13,14). The lowest BCUT2D eigenvalue weighted by atomic mass is 10.2. The minimum Gasteiger partial charge on any atom is -0.490 e. The maximum Gasteiger partial charge on any atom is 0.250 e. The number of carbonyl (C=O) groups excluding carboxylic acids is 1. The fraction of sp³-hybridized carbons (Fsp3) is 0.364. The number of hydrogen-bond acceptors (Lipinski definition) is 3. The Labute approximate surface area is 99.3 Å². The van der Waals surface area contributed by atoms with Gasteiger partial charge in [0, 0.05) is 6.07 Å². The highest BCUT2D eigenvalue weighted by atomic mass is 35.5. The second-order valence-corrected chi connectivity index (χ2v) is 3.42. The summed E-state index contributed by atoms with van der Waals surface area (Å²) in [5.74, 6) is 0.399. The Bertz CT molecular complexity index is 393. The smallest absolute Gasteiger partial charge is 0.250 e. The van der Waals surface area contributed by atoms with Crippen LogP contribution in [-0.2, 0) is 0 Å². The molecule has 0 aliphatic carbocycles. The molecule has 0 aliphatic heterocycles. The predicted molar refractivity (Wildman–Crippen MR) is 62.3 cm³/mol. The largest absolute Gasteiger partial charge is 0.490 e. The molecule has 0 saturated heterocycles. The highest BCUT2D eigenvalue weighted by molar-refractivity contribution is 6.34. The van der Waals surface area contributed by atoms with Crippen molar-refractivity contribution < 1.29 is 14.3 Å². The number of ether oxygens (including phenoxy) is 2. The van der Waals surface area contributed by atoms with Gasteiger partial charge >= 0.3 is 0 Å². The van der Waals surface area contributed by atoms with Gasteiger partial charge in [0.05, 0.1) is 23.8 Å². The van der Waals surface area contributed by atoms with Crippen molar-refractivity contribution in [2.75, 3.05) is 13.2 Å². The summed E-state index contributed by atoms with van der Waals surface area (Å²) >= 11 is 5.90. The first-order valence-corrected chi connectivity index (χ1v) is 5.36. The monoisotopic (exact) mass is 243 g/mol. The third kappa shape index (κ3) is 2.79. The van der Waals surface area contributed by atoms with Gasteiger partial charge in [-0.15, -0.1) is 0 Å². The van der Waals surface area contributed by atoms with E-state index in [9.17, 15) is 4.79 Å². The van der Waals surface area contributed by atoms with Gasteiger partial charge in [0.1, 0.15) is 0 Å². The summed E-state index contributed by atoms with van der Waals surface area (Å²) in [5, 5.41) is 0.263. The summed E-state index contributed by atoms with van der Waals surface area (Å²) in [4.78, 5) is 11.1. The molecule has 1 aromatic carbocycles. The molecule has 1 aromatic rings. The van der Waals surface area contributed by atoms with E-state index in [0.29, 0.717) is 24.7 Å². The second kappa shape index (κ2) is 5.61. The van der Waals surface area contributed by atoms with Crippen LogP contribution in [0.4, 0.5) is 0 Å². The minimum atomic E-state index is -0.589. The molecule has 1 rings (SSSR count). The molecule has 0 bridgehead atoms. The first-order valence-electron chi connectivity index (χ1n) is 4.99. The average molecular weight is 244 g/mol. The minimum absolute atomic E-state index is 0.230. The van der Waals surface area contributed by atoms with Crippen molar-refractivity contribution in [1.82, 2.24) is 0 Å². The van der Waals surface area contributed by atoms with E-state index in [2.05, 4.69) is 0 Å². The molecule has 16 heavy (non-hydrogen) atoms. The van der Waals surface area contributed by atoms with Crippen LogP contribution in [0.5, 0.6) is 11.5 Å². The zero-order chi connectivity index (χ0) is 12.1. The van der Waals surface area contributed by atoms with E-state index in [1.165, 1.54) is 12.1 Å². The van der Waals surface area contributed by atoms with Gasteiger partial charge in [0.25, 0.3) is 0 Å². The average Bonchev–Trinajstić information content (AvgIpc) is 2.22. The number of primary amides is 1. The van der Waals surface area contributed by atoms with Gasteiger partial charge in [-0.2, -0.15) is 0 Å². The Morgan fingerprint density at radius 3 is 2.19 bits per heavy atom. The van der Waals surface area contributed by atoms with Crippen LogP contribution in [0.3, 0.4) is 0 Å². The van der Waals surface area contributed by atoms with Crippen molar-refractivity contribution in [2.24, 2.45) is 5.73 Å². The summed E-state index contributed by atoms with van der Waals surface area (Å²) in [6.45, 7) is 4.66. The van der Waals surface area contributed by atoms with Gasteiger partial charge in [-0.3, -0.25) is 4.79 Å². The van der Waals surface area contributed by atoms with Crippen molar-refractivity contribution >= 4 is 17.5 Å². The summed E-state index contributed by atoms with van der Waals surface area (Å²) in [6.07, 6.45) is 0. The Hall–Kier alpha value is -1.42. The van der Waals surface area contributed by atoms with Crippen molar-refractivity contribution in [2.45, 2.75) is 13.8 Å². The molecule has 0 spiro atoms. The summed E-state index contributed by atoms with van der Waals surface area (Å²) < 4.78 is 10.7. The van der Waals surface area contributed by atoms with E-state index >= 15 is 0 Å². The van der Waals surface area contributed by atoms with Crippen LogP contribution in [-0.4, -0.2) is 19.1 Å². The van der Waals surface area contributed by atoms with Crippen molar-refractivity contribution in [3.63, 3.8) is 0 Å². The zero-order valence-corrected chi connectivity index (χ0v) is 10.0. The molecule has 4 nitrogen and oxygen atoms in total. The lowest BCUT2D eigenvalue weighted by Gasteiger charge is -2.12. The van der Waals surface area contributed by atoms with Crippen LogP contribution < -0.4 is 15.2 Å². The van der Waals surface area contributed by atoms with Crippen LogP contribution in [0, 0.1) is 0 Å². The highest BCUT2D eigenvalue weighted by Gasteiger charge is 2.13. The molecular formula is C11H14ClNO3. The van der Waals surface area contributed by atoms with Crippen molar-refractivity contribution in [3.8, 4) is 11.5 Å². The molecule has 5 heteroatoms. The molecule has 0 atom stereocenters. The van der Waals surface area contributed by atoms with Gasteiger partial charge in [0.15, 0.2) is 11.5 Å². The second-order valence-electron chi connectivity index (χ2n) is 3.01. The maximum absolute atomic E-state index is 11.1. The van der Waals surface area contributed by atoms with Crippen LogP contribution in [0.25, 0.3) is 0 Å². The van der Waals surface area contributed by atoms with Crippen LogP contribution in [0.2, 0.25) is 5.02 Å². The molecule has 2 N–H and O–H groups in total. The number of nitrogens with two attached hydrogens (primary N) is 1. The molecule has 0 saturated carbocycles. The van der Waals surface area contributed by atoms with Crippen molar-refractivity contribution in [1.29, 1.82) is 0 Å². The third-order valence-corrected chi connectivity index (χ3v) is 2.21. The summed E-state index contributed by atoms with van der Waals surface area (Å²) in [7, 11) is 0. The number of hydrogen-bond donors (Lipinski definition) is 1. The van der Waals surface area contributed by atoms with Gasteiger partial charge in [-0.25, -0.2) is 0 Å². The lowest BCUT2D eigenvalue weighted by Crippen LogP contribution is -2.12. The predicted octanol–water partition coefficient (Wildman–Crippen LogP) is 2.24. The van der Waals surface area contributed by atoms with E-state index in [0.717, 1.165) is 0 Å². The first kappa shape index (κ1) is 12.6. The molecule has 0 fully saturated rings. The Morgan fingerprint density at radius 1 is 1.25 bits per heavy atom. The number of rotatable bonds is 5. The molecule has 0 unspecified atom stereocenters. The third-order valence-electron chi connectivity index (χ3n) is 1.90. The van der Waals surface area contributed by atoms with Gasteiger partial charge in [0.2, 0.25) is 5.91 Å². The molecule has 0 heterocycles. The van der Waals surface area contributed by atoms with E-state index in [1.54, 1.807) is 0 Å². The normalized spacial score (nSPS) is 9.94. The molecule has 88 valence electrons. The number of amides is 1. The molecule has 0 aliphatic rings. The summed E-state index contributed by atoms with van der Waals surface area (Å²) in [5.41, 5.74) is 5.41. The van der Waals surface area contributed by atoms with E-state index in [-0.39, 0.29) is 10.6 Å². The number of carbonyl (C=O) groups is 1. The highest BCUT2D eigenvalue weighted by Crippen LogP contribution is 2.33. The van der Waals surface area contributed by atoms with E-state index in [1.807, 2.05) is 13.8 Å². The quantitative estimate of drug-likeness (QED) is 0.863. The van der Waals surface area contributed by atoms with Crippen molar-refractivity contribution in [3.05, 3.63) is 22.7 Å². The Kier molecular flexibility index (Phi) is 4.43. The molecule has 0 radical (unpaired) electrons. The van der Waals surface area contributed by atoms with Gasteiger partial charge in [-0.05, 0) is 19.9 Å². The fourth-order valence-corrected chi connectivity index (χ4v) is 1.51. The van der Waals surface area contributed by atoms with Crippen LogP contribution in [0.1, 0.15) is 24.2 Å². The number of benzene rings is 1. The van der Waals surface area contributed by atoms with E-state index in [4.69, 9.17) is 26.8 Å². The molecule has 0 aromatic heterocycles. The van der Waals surface area contributed by atoms with Crippen LogP contribution in [0.15, 0.2) is 12.1 Å². The zero-order valence-electron chi connectivity index (χ0n) is 9.25. The van der Waals surface area contributed by atoms with E-state index < -0.39 is 5.91 Å². The van der Waals surface area contributed by atoms with Gasteiger partial charge < -0.3 is 15.2 Å². The Balaban J connectivity index is 3.19.